The molecule has 0 atom stereocenters. The highest BCUT2D eigenvalue weighted by molar-refractivity contribution is 7.76. The van der Waals surface area contributed by atoms with Crippen molar-refractivity contribution in [3.05, 3.63) is 11.4 Å². The highest BCUT2D eigenvalue weighted by atomic mass is 32.2. The summed E-state index contributed by atoms with van der Waals surface area (Å²) >= 11 is -1.72. The third-order valence-electron chi connectivity index (χ3n) is 2.17. The molecule has 0 aromatic carbocycles. The SMILES string of the molecule is Cc1c(O)c(O)c(C)n1C1OS(=O)O1. The van der Waals surface area contributed by atoms with Crippen LogP contribution in [0.3, 0.4) is 0 Å². The standard InChI is InChI=1S/C7H9NO5S/c1-3-5(9)6(10)4(2)8(3)7-12-14(11)13-7/h7,9-10H,1-2H3. The molecular formula is C7H9NO5S. The van der Waals surface area contributed by atoms with Gasteiger partial charge in [0.1, 0.15) is 0 Å². The van der Waals surface area contributed by atoms with Gasteiger partial charge >= 0.3 is 11.4 Å². The Kier molecular flexibility index (Phi) is 2.02. The zero-order valence-electron chi connectivity index (χ0n) is 7.55. The first-order chi connectivity index (χ1) is 6.52. The fourth-order valence-electron chi connectivity index (χ4n) is 1.37. The quantitative estimate of drug-likeness (QED) is 0.722. The van der Waals surface area contributed by atoms with Gasteiger partial charge in [0.15, 0.2) is 11.5 Å². The maximum absolute atomic E-state index is 10.5. The van der Waals surface area contributed by atoms with Crippen molar-refractivity contribution < 1.29 is 22.8 Å². The van der Waals surface area contributed by atoms with Gasteiger partial charge < -0.3 is 10.2 Å². The lowest BCUT2D eigenvalue weighted by Crippen LogP contribution is -2.29. The van der Waals surface area contributed by atoms with Crippen molar-refractivity contribution in [2.24, 2.45) is 0 Å². The molecule has 14 heavy (non-hydrogen) atoms. The Labute approximate surface area is 82.5 Å². The van der Waals surface area contributed by atoms with Crippen molar-refractivity contribution >= 4 is 11.4 Å². The second-order valence-corrected chi connectivity index (χ2v) is 3.73. The molecular weight excluding hydrogens is 210 g/mol. The van der Waals surface area contributed by atoms with Crippen LogP contribution < -0.4 is 0 Å². The Morgan fingerprint density at radius 2 is 1.64 bits per heavy atom. The highest BCUT2D eigenvalue weighted by Crippen LogP contribution is 2.39. The molecule has 1 aliphatic heterocycles. The third-order valence-corrected chi connectivity index (χ3v) is 2.81. The summed E-state index contributed by atoms with van der Waals surface area (Å²) in [6.45, 7) is 3.19. The predicted molar refractivity (Wildman–Crippen MR) is 46.6 cm³/mol. The zero-order valence-corrected chi connectivity index (χ0v) is 8.37. The average molecular weight is 219 g/mol. The summed E-state index contributed by atoms with van der Waals surface area (Å²) < 4.78 is 21.4. The topological polar surface area (TPSA) is 80.9 Å². The Morgan fingerprint density at radius 3 is 2.00 bits per heavy atom. The van der Waals surface area contributed by atoms with Crippen molar-refractivity contribution in [1.29, 1.82) is 0 Å². The molecule has 7 heteroatoms. The van der Waals surface area contributed by atoms with E-state index in [1.54, 1.807) is 13.8 Å². The minimum atomic E-state index is -1.72. The molecule has 1 saturated heterocycles. The monoisotopic (exact) mass is 219 g/mol. The maximum Gasteiger partial charge on any atom is 0.312 e. The Hall–Kier alpha value is -1.05. The molecule has 0 spiro atoms. The van der Waals surface area contributed by atoms with E-state index in [9.17, 15) is 14.4 Å². The molecule has 78 valence electrons. The molecule has 6 nitrogen and oxygen atoms in total. The molecule has 0 unspecified atom stereocenters. The number of hydrogen-bond donors (Lipinski definition) is 2. The van der Waals surface area contributed by atoms with Gasteiger partial charge in [-0.3, -0.25) is 4.57 Å². The lowest BCUT2D eigenvalue weighted by atomic mass is 10.4. The fraction of sp³-hybridized carbons (Fsp3) is 0.429. The van der Waals surface area contributed by atoms with Crippen LogP contribution in [0, 0.1) is 13.8 Å². The van der Waals surface area contributed by atoms with Gasteiger partial charge in [0.2, 0.25) is 0 Å². The Morgan fingerprint density at radius 1 is 1.21 bits per heavy atom. The molecule has 0 aliphatic carbocycles. The van der Waals surface area contributed by atoms with Crippen LogP contribution in [0.2, 0.25) is 0 Å². The van der Waals surface area contributed by atoms with Crippen LogP contribution in [-0.4, -0.2) is 19.0 Å². The first kappa shape index (κ1) is 9.50. The van der Waals surface area contributed by atoms with Gasteiger partial charge in [-0.2, -0.15) is 4.21 Å². The molecule has 2 N–H and O–H groups in total. The summed E-state index contributed by atoms with van der Waals surface area (Å²) in [4.78, 5) is 0. The fourth-order valence-corrected chi connectivity index (χ4v) is 1.82. The normalized spacial score (nSPS) is 26.1. The molecule has 1 fully saturated rings. The summed E-state index contributed by atoms with van der Waals surface area (Å²) in [7, 11) is 0. The van der Waals surface area contributed by atoms with Crippen molar-refractivity contribution in [3.63, 3.8) is 0 Å². The van der Waals surface area contributed by atoms with Crippen molar-refractivity contribution in [3.8, 4) is 11.5 Å². The van der Waals surface area contributed by atoms with Crippen molar-refractivity contribution in [1.82, 2.24) is 4.57 Å². The van der Waals surface area contributed by atoms with E-state index in [1.807, 2.05) is 0 Å². The number of rotatable bonds is 1. The second kappa shape index (κ2) is 2.97. The maximum atomic E-state index is 10.5. The first-order valence-electron chi connectivity index (χ1n) is 3.87. The van der Waals surface area contributed by atoms with E-state index in [1.165, 1.54) is 4.57 Å². The van der Waals surface area contributed by atoms with E-state index in [0.717, 1.165) is 0 Å². The predicted octanol–water partition coefficient (Wildman–Crippen LogP) is 0.598. The van der Waals surface area contributed by atoms with Gasteiger partial charge in [-0.25, -0.2) is 8.37 Å². The van der Waals surface area contributed by atoms with E-state index in [-0.39, 0.29) is 11.5 Å². The number of hydrogen-bond acceptors (Lipinski definition) is 5. The number of aromatic hydroxyl groups is 2. The molecule has 0 saturated carbocycles. The molecule has 2 rings (SSSR count). The van der Waals surface area contributed by atoms with Crippen LogP contribution in [0.5, 0.6) is 11.5 Å². The molecule has 2 heterocycles. The van der Waals surface area contributed by atoms with Crippen LogP contribution >= 0.6 is 0 Å². The Bertz CT molecular complexity index is 379. The largest absolute Gasteiger partial charge is 0.503 e. The van der Waals surface area contributed by atoms with Crippen LogP contribution in [0.25, 0.3) is 0 Å². The number of aromatic nitrogens is 1. The third kappa shape index (κ3) is 1.13. The van der Waals surface area contributed by atoms with Gasteiger partial charge in [-0.1, -0.05) is 0 Å². The molecule has 1 aromatic heterocycles. The van der Waals surface area contributed by atoms with Gasteiger partial charge in [0.25, 0.3) is 6.41 Å². The Balaban J connectivity index is 2.43. The van der Waals surface area contributed by atoms with E-state index >= 15 is 0 Å². The number of nitrogens with zero attached hydrogens (tertiary/aromatic N) is 1. The molecule has 0 amide bonds. The molecule has 1 aliphatic rings. The molecule has 0 bridgehead atoms. The van der Waals surface area contributed by atoms with Gasteiger partial charge in [0, 0.05) is 0 Å². The minimum absolute atomic E-state index is 0.215. The summed E-state index contributed by atoms with van der Waals surface area (Å²) in [6.07, 6.45) is -0.831. The van der Waals surface area contributed by atoms with Crippen LogP contribution in [0.15, 0.2) is 0 Å². The van der Waals surface area contributed by atoms with Crippen LogP contribution in [0.4, 0.5) is 0 Å². The lowest BCUT2D eigenvalue weighted by Gasteiger charge is -2.26. The van der Waals surface area contributed by atoms with Crippen molar-refractivity contribution in [2.75, 3.05) is 0 Å². The minimum Gasteiger partial charge on any atom is -0.503 e. The van der Waals surface area contributed by atoms with Gasteiger partial charge in [0.05, 0.1) is 11.4 Å². The lowest BCUT2D eigenvalue weighted by molar-refractivity contribution is -0.121. The van der Waals surface area contributed by atoms with Crippen LogP contribution in [0.1, 0.15) is 17.8 Å². The summed E-state index contributed by atoms with van der Waals surface area (Å²) in [5.74, 6) is -0.431. The summed E-state index contributed by atoms with van der Waals surface area (Å²) in [6, 6.07) is 0. The summed E-state index contributed by atoms with van der Waals surface area (Å²) in [5.41, 5.74) is 0.809. The average Bonchev–Trinajstić information content (AvgIpc) is 2.27. The molecule has 0 radical (unpaired) electrons. The van der Waals surface area contributed by atoms with E-state index in [0.29, 0.717) is 11.4 Å². The van der Waals surface area contributed by atoms with E-state index in [2.05, 4.69) is 0 Å². The summed E-state index contributed by atoms with van der Waals surface area (Å²) in [5, 5.41) is 18.8. The second-order valence-electron chi connectivity index (χ2n) is 2.94. The van der Waals surface area contributed by atoms with Gasteiger partial charge in [-0.15, -0.1) is 0 Å². The van der Waals surface area contributed by atoms with E-state index in [4.69, 9.17) is 8.37 Å². The smallest absolute Gasteiger partial charge is 0.312 e. The molecule has 1 aromatic rings. The van der Waals surface area contributed by atoms with Crippen molar-refractivity contribution in [2.45, 2.75) is 20.3 Å². The van der Waals surface area contributed by atoms with E-state index < -0.39 is 17.8 Å². The first-order valence-corrected chi connectivity index (χ1v) is 4.87. The highest BCUT2D eigenvalue weighted by Gasteiger charge is 2.34. The van der Waals surface area contributed by atoms with Crippen LogP contribution in [-0.2, 0) is 19.7 Å². The zero-order chi connectivity index (χ0) is 10.5. The van der Waals surface area contributed by atoms with Gasteiger partial charge in [-0.05, 0) is 13.8 Å².